The molecule has 0 aromatic rings. The predicted molar refractivity (Wildman–Crippen MR) is 115 cm³/mol. The minimum Gasteiger partial charge on any atom is -0.466 e. The number of rotatable bonds is 20. The summed E-state index contributed by atoms with van der Waals surface area (Å²) in [6, 6.07) is 0. The van der Waals surface area contributed by atoms with Crippen LogP contribution in [0.2, 0.25) is 0 Å². The first kappa shape index (κ1) is 25.2. The lowest BCUT2D eigenvalue weighted by Gasteiger charge is -2.03. The van der Waals surface area contributed by atoms with Crippen LogP contribution in [0.5, 0.6) is 0 Å². The minimum absolute atomic E-state index is 0.0338. The molecule has 0 aliphatic heterocycles. The van der Waals surface area contributed by atoms with E-state index in [1.54, 1.807) is 0 Å². The highest BCUT2D eigenvalue weighted by atomic mass is 16.5. The Labute approximate surface area is 164 Å². The fourth-order valence-electron chi connectivity index (χ4n) is 3.28. The third kappa shape index (κ3) is 21.3. The van der Waals surface area contributed by atoms with E-state index in [-0.39, 0.29) is 5.97 Å². The number of hydrogen-bond acceptors (Lipinski definition) is 2. The number of ether oxygens (including phenoxy) is 1. The minimum atomic E-state index is -0.0338. The van der Waals surface area contributed by atoms with Gasteiger partial charge in [0.2, 0.25) is 0 Å². The first-order valence-corrected chi connectivity index (χ1v) is 11.6. The standard InChI is InChI=1S/C24H46O2/c1-3-5-6-7-8-9-10-11-12-13-14-15-16-17-18-19-20-21-22-23-24(25)26-4-2/h11-12H,3-10,13-23H2,1-2H3/b12-11-/i22+1,23+1. The van der Waals surface area contributed by atoms with Gasteiger partial charge >= 0.3 is 5.97 Å². The summed E-state index contributed by atoms with van der Waals surface area (Å²) in [7, 11) is 0. The maximum absolute atomic E-state index is 11.2. The van der Waals surface area contributed by atoms with Crippen LogP contribution in [0, 0.1) is 0 Å². The topological polar surface area (TPSA) is 26.3 Å². The Morgan fingerprint density at radius 2 is 1.04 bits per heavy atom. The number of carbonyl (C=O) groups excluding carboxylic acids is 1. The number of carbonyl (C=O) groups is 1. The van der Waals surface area contributed by atoms with Gasteiger partial charge in [-0.05, 0) is 39.0 Å². The van der Waals surface area contributed by atoms with Gasteiger partial charge in [-0.2, -0.15) is 0 Å². The van der Waals surface area contributed by atoms with Crippen molar-refractivity contribution in [1.82, 2.24) is 0 Å². The quantitative estimate of drug-likeness (QED) is 0.0937. The lowest BCUT2D eigenvalue weighted by molar-refractivity contribution is -0.143. The molecule has 154 valence electrons. The smallest absolute Gasteiger partial charge is 0.305 e. The molecule has 26 heavy (non-hydrogen) atoms. The summed E-state index contributed by atoms with van der Waals surface area (Å²) < 4.78 is 4.94. The highest BCUT2D eigenvalue weighted by Crippen LogP contribution is 2.12. The fraction of sp³-hybridized carbons (Fsp3) is 0.875. The largest absolute Gasteiger partial charge is 0.466 e. The zero-order valence-corrected chi connectivity index (χ0v) is 17.9. The molecule has 0 aliphatic rings. The van der Waals surface area contributed by atoms with Gasteiger partial charge in [0, 0.05) is 6.42 Å². The Bertz CT molecular complexity index is 309. The summed E-state index contributed by atoms with van der Waals surface area (Å²) >= 11 is 0. The first-order valence-electron chi connectivity index (χ1n) is 11.6. The normalized spacial score (nSPS) is 11.3. The number of allylic oxidation sites excluding steroid dienone is 2. The maximum atomic E-state index is 11.2. The van der Waals surface area contributed by atoms with E-state index in [0.29, 0.717) is 13.0 Å². The molecule has 0 radical (unpaired) electrons. The van der Waals surface area contributed by atoms with Gasteiger partial charge in [-0.3, -0.25) is 4.79 Å². The monoisotopic (exact) mass is 368 g/mol. The van der Waals surface area contributed by atoms with Gasteiger partial charge in [0.05, 0.1) is 6.61 Å². The number of unbranched alkanes of at least 4 members (excludes halogenated alkanes) is 15. The van der Waals surface area contributed by atoms with Crippen molar-refractivity contribution in [3.05, 3.63) is 12.2 Å². The van der Waals surface area contributed by atoms with E-state index in [1.165, 1.54) is 103 Å². The molecular weight excluding hydrogens is 322 g/mol. The Balaban J connectivity index is 3.10. The van der Waals surface area contributed by atoms with Gasteiger partial charge < -0.3 is 4.74 Å². The molecule has 0 spiro atoms. The second-order valence-corrected chi connectivity index (χ2v) is 7.55. The highest BCUT2D eigenvalue weighted by Gasteiger charge is 2.00. The van der Waals surface area contributed by atoms with Crippen molar-refractivity contribution in [2.75, 3.05) is 6.61 Å². The van der Waals surface area contributed by atoms with E-state index < -0.39 is 0 Å². The molecule has 0 unspecified atom stereocenters. The van der Waals surface area contributed by atoms with Gasteiger partial charge in [0.25, 0.3) is 0 Å². The Kier molecular flexibility index (Phi) is 21.6. The van der Waals surface area contributed by atoms with E-state index in [1.807, 2.05) is 6.92 Å². The zero-order valence-electron chi connectivity index (χ0n) is 17.9. The van der Waals surface area contributed by atoms with Crippen LogP contribution in [0.15, 0.2) is 12.2 Å². The molecule has 0 N–H and O–H groups in total. The average molecular weight is 369 g/mol. The summed E-state index contributed by atoms with van der Waals surface area (Å²) in [4.78, 5) is 11.2. The summed E-state index contributed by atoms with van der Waals surface area (Å²) in [5, 5.41) is 0. The summed E-state index contributed by atoms with van der Waals surface area (Å²) in [5.74, 6) is -0.0338. The molecule has 0 heterocycles. The van der Waals surface area contributed by atoms with Crippen molar-refractivity contribution in [3.63, 3.8) is 0 Å². The second-order valence-electron chi connectivity index (χ2n) is 7.55. The lowest BCUT2D eigenvalue weighted by atomic mass is 10.1. The van der Waals surface area contributed by atoms with Crippen LogP contribution in [-0.2, 0) is 9.53 Å². The highest BCUT2D eigenvalue weighted by molar-refractivity contribution is 5.69. The Morgan fingerprint density at radius 1 is 0.615 bits per heavy atom. The van der Waals surface area contributed by atoms with Crippen molar-refractivity contribution in [2.24, 2.45) is 0 Å². The first-order chi connectivity index (χ1) is 12.8. The second kappa shape index (κ2) is 22.3. The summed E-state index contributed by atoms with van der Waals surface area (Å²) in [5.41, 5.74) is 0. The molecule has 0 fully saturated rings. The van der Waals surface area contributed by atoms with Crippen LogP contribution in [0.4, 0.5) is 0 Å². The molecular formula is C24H46O2. The predicted octanol–water partition coefficient (Wildman–Crippen LogP) is 8.15. The van der Waals surface area contributed by atoms with Gasteiger partial charge in [-0.25, -0.2) is 0 Å². The van der Waals surface area contributed by atoms with Crippen LogP contribution in [0.1, 0.15) is 129 Å². The fourth-order valence-corrected chi connectivity index (χ4v) is 3.28. The zero-order chi connectivity index (χ0) is 19.1. The van der Waals surface area contributed by atoms with E-state index in [4.69, 9.17) is 4.74 Å². The van der Waals surface area contributed by atoms with Gasteiger partial charge in [-0.15, -0.1) is 0 Å². The van der Waals surface area contributed by atoms with Crippen molar-refractivity contribution < 1.29 is 9.53 Å². The van der Waals surface area contributed by atoms with Crippen LogP contribution < -0.4 is 0 Å². The average Bonchev–Trinajstić information content (AvgIpc) is 2.64. The molecule has 0 aromatic heterocycles. The molecule has 2 nitrogen and oxygen atoms in total. The summed E-state index contributed by atoms with van der Waals surface area (Å²) in [6.07, 6.45) is 27.9. The van der Waals surface area contributed by atoms with E-state index in [0.717, 1.165) is 6.42 Å². The van der Waals surface area contributed by atoms with Crippen LogP contribution in [0.3, 0.4) is 0 Å². The molecule has 0 saturated heterocycles. The molecule has 2 heteroatoms. The molecule has 0 aromatic carbocycles. The third-order valence-corrected chi connectivity index (χ3v) is 4.95. The molecule has 0 aliphatic carbocycles. The van der Waals surface area contributed by atoms with Gasteiger partial charge in [-0.1, -0.05) is 96.1 Å². The van der Waals surface area contributed by atoms with E-state index in [2.05, 4.69) is 19.1 Å². The van der Waals surface area contributed by atoms with Gasteiger partial charge in [0.1, 0.15) is 0 Å². The summed E-state index contributed by atoms with van der Waals surface area (Å²) in [6.45, 7) is 4.65. The van der Waals surface area contributed by atoms with Crippen LogP contribution in [-0.4, -0.2) is 12.6 Å². The molecule has 0 amide bonds. The van der Waals surface area contributed by atoms with Crippen LogP contribution >= 0.6 is 0 Å². The van der Waals surface area contributed by atoms with E-state index in [9.17, 15) is 4.79 Å². The third-order valence-electron chi connectivity index (χ3n) is 4.95. The molecule has 0 saturated carbocycles. The van der Waals surface area contributed by atoms with Crippen LogP contribution in [0.25, 0.3) is 0 Å². The van der Waals surface area contributed by atoms with Gasteiger partial charge in [0.15, 0.2) is 0 Å². The maximum Gasteiger partial charge on any atom is 0.305 e. The van der Waals surface area contributed by atoms with Crippen molar-refractivity contribution in [2.45, 2.75) is 129 Å². The Hall–Kier alpha value is -0.790. The molecule has 0 rings (SSSR count). The number of esters is 1. The van der Waals surface area contributed by atoms with E-state index >= 15 is 0 Å². The van der Waals surface area contributed by atoms with Crippen molar-refractivity contribution in [3.8, 4) is 0 Å². The van der Waals surface area contributed by atoms with Crippen molar-refractivity contribution >= 4 is 5.97 Å². The number of hydrogen-bond donors (Lipinski definition) is 0. The SMILES string of the molecule is CCCCCCCC/C=C\CCCCCCCCC[13CH2][13CH2]C(=O)OCC. The van der Waals surface area contributed by atoms with Crippen molar-refractivity contribution in [1.29, 1.82) is 0 Å². The lowest BCUT2D eigenvalue weighted by Crippen LogP contribution is -2.03. The molecule has 0 bridgehead atoms. The molecule has 0 atom stereocenters. The Morgan fingerprint density at radius 3 is 1.50 bits per heavy atom.